The highest BCUT2D eigenvalue weighted by atomic mass is 16.3. The van der Waals surface area contributed by atoms with E-state index in [1.54, 1.807) is 40.3 Å². The third kappa shape index (κ3) is 7.21. The molecule has 0 radical (unpaired) electrons. The fourth-order valence-corrected chi connectivity index (χ4v) is 3.90. The number of fused-ring (bicyclic) bond motifs is 1. The largest absolute Gasteiger partial charge is 0.381 e. The summed E-state index contributed by atoms with van der Waals surface area (Å²) in [6, 6.07) is 1.67. The van der Waals surface area contributed by atoms with Crippen LogP contribution in [0.4, 0.5) is 0 Å². The van der Waals surface area contributed by atoms with Gasteiger partial charge in [0, 0.05) is 37.9 Å². The highest BCUT2D eigenvalue weighted by Gasteiger charge is 2.31. The lowest BCUT2D eigenvalue weighted by atomic mass is 9.99. The van der Waals surface area contributed by atoms with E-state index in [1.165, 1.54) is 13.8 Å². The molecule has 1 aromatic heterocycles. The van der Waals surface area contributed by atoms with Gasteiger partial charge >= 0.3 is 0 Å². The molecule has 0 bridgehead atoms. The first-order valence-electron chi connectivity index (χ1n) is 12.3. The van der Waals surface area contributed by atoms with Crippen molar-refractivity contribution in [1.29, 1.82) is 10.8 Å². The molecule has 0 saturated carbocycles. The zero-order valence-electron chi connectivity index (χ0n) is 21.9. The SMILES string of the molecule is C=C(/C=C\C=C(/C)C(=N)N1CCCC1=N)NC(=O)c1cc2c(cn1)CCN(C(=O)C(C)(C)O)C2.CC. The van der Waals surface area contributed by atoms with Crippen molar-refractivity contribution in [2.75, 3.05) is 13.1 Å². The van der Waals surface area contributed by atoms with E-state index in [-0.39, 0.29) is 11.6 Å². The zero-order valence-corrected chi connectivity index (χ0v) is 21.9. The van der Waals surface area contributed by atoms with Crippen LogP contribution in [0.15, 0.2) is 48.3 Å². The number of hydrogen-bond acceptors (Lipinski definition) is 6. The summed E-state index contributed by atoms with van der Waals surface area (Å²) in [4.78, 5) is 32.6. The van der Waals surface area contributed by atoms with Crippen LogP contribution >= 0.6 is 0 Å². The summed E-state index contributed by atoms with van der Waals surface area (Å²) in [5, 5.41) is 28.8. The number of aromatic nitrogens is 1. The van der Waals surface area contributed by atoms with Gasteiger partial charge < -0.3 is 20.2 Å². The number of amidine groups is 2. The van der Waals surface area contributed by atoms with E-state index in [4.69, 9.17) is 10.8 Å². The van der Waals surface area contributed by atoms with Crippen LogP contribution < -0.4 is 5.32 Å². The second kappa shape index (κ2) is 12.4. The quantitative estimate of drug-likeness (QED) is 0.273. The number of rotatable bonds is 6. The number of allylic oxidation sites excluding steroid dienone is 3. The number of aliphatic hydroxyl groups is 1. The Hall–Kier alpha value is -3.59. The summed E-state index contributed by atoms with van der Waals surface area (Å²) >= 11 is 0. The molecule has 3 heterocycles. The predicted octanol–water partition coefficient (Wildman–Crippen LogP) is 3.56. The lowest BCUT2D eigenvalue weighted by Crippen LogP contribution is -2.47. The van der Waals surface area contributed by atoms with Gasteiger partial charge in [0.1, 0.15) is 23.0 Å². The molecule has 2 amide bonds. The normalized spacial score (nSPS) is 15.8. The third-order valence-electron chi connectivity index (χ3n) is 5.82. The highest BCUT2D eigenvalue weighted by molar-refractivity contribution is 6.07. The van der Waals surface area contributed by atoms with E-state index in [2.05, 4.69) is 16.9 Å². The third-order valence-corrected chi connectivity index (χ3v) is 5.82. The molecular weight excluding hydrogens is 456 g/mol. The van der Waals surface area contributed by atoms with Crippen molar-refractivity contribution in [3.8, 4) is 0 Å². The van der Waals surface area contributed by atoms with Gasteiger partial charge in [-0.1, -0.05) is 32.6 Å². The van der Waals surface area contributed by atoms with Crippen LogP contribution in [0, 0.1) is 10.8 Å². The van der Waals surface area contributed by atoms with Gasteiger partial charge in [0.2, 0.25) is 0 Å². The second-order valence-electron chi connectivity index (χ2n) is 9.11. The Morgan fingerprint density at radius 3 is 2.53 bits per heavy atom. The number of pyridine rings is 1. The van der Waals surface area contributed by atoms with E-state index in [0.717, 1.165) is 17.5 Å². The molecule has 1 saturated heterocycles. The molecule has 194 valence electrons. The molecule has 4 N–H and O–H groups in total. The van der Waals surface area contributed by atoms with Crippen molar-refractivity contribution < 1.29 is 14.7 Å². The van der Waals surface area contributed by atoms with Crippen LogP contribution in [0.1, 0.15) is 69.1 Å². The van der Waals surface area contributed by atoms with Crippen molar-refractivity contribution in [2.45, 2.75) is 66.0 Å². The molecule has 9 nitrogen and oxygen atoms in total. The van der Waals surface area contributed by atoms with Gasteiger partial charge in [0.25, 0.3) is 11.8 Å². The molecule has 0 spiro atoms. The van der Waals surface area contributed by atoms with Crippen LogP contribution in [-0.4, -0.2) is 62.1 Å². The van der Waals surface area contributed by atoms with Gasteiger partial charge in [0.15, 0.2) is 0 Å². The Balaban J connectivity index is 0.00000222. The van der Waals surface area contributed by atoms with Crippen molar-refractivity contribution in [1.82, 2.24) is 20.1 Å². The number of carbonyl (C=O) groups excluding carboxylic acids is 2. The monoisotopic (exact) mass is 494 g/mol. The van der Waals surface area contributed by atoms with Crippen LogP contribution in [0.3, 0.4) is 0 Å². The number of nitrogens with zero attached hydrogens (tertiary/aromatic N) is 3. The topological polar surface area (TPSA) is 133 Å². The van der Waals surface area contributed by atoms with E-state index < -0.39 is 11.5 Å². The Kier molecular flexibility index (Phi) is 9.86. The minimum Gasteiger partial charge on any atom is -0.381 e. The van der Waals surface area contributed by atoms with Gasteiger partial charge in [-0.05, 0) is 62.5 Å². The minimum atomic E-state index is -1.45. The molecule has 0 atom stereocenters. The summed E-state index contributed by atoms with van der Waals surface area (Å²) in [7, 11) is 0. The molecule has 2 aliphatic rings. The molecular formula is C27H38N6O3. The van der Waals surface area contributed by atoms with Crippen molar-refractivity contribution in [3.05, 3.63) is 65.2 Å². The first kappa shape index (κ1) is 28.6. The van der Waals surface area contributed by atoms with Crippen LogP contribution in [0.5, 0.6) is 0 Å². The predicted molar refractivity (Wildman–Crippen MR) is 142 cm³/mol. The Labute approximate surface area is 213 Å². The maximum Gasteiger partial charge on any atom is 0.274 e. The van der Waals surface area contributed by atoms with Gasteiger partial charge in [0.05, 0.1) is 0 Å². The summed E-state index contributed by atoms with van der Waals surface area (Å²) < 4.78 is 0. The number of hydrogen-bond donors (Lipinski definition) is 4. The Bertz CT molecular complexity index is 1100. The first-order chi connectivity index (χ1) is 17.0. The van der Waals surface area contributed by atoms with E-state index in [0.29, 0.717) is 55.4 Å². The highest BCUT2D eigenvalue weighted by Crippen LogP contribution is 2.22. The number of amides is 2. The van der Waals surface area contributed by atoms with Crippen molar-refractivity contribution in [2.24, 2.45) is 0 Å². The molecule has 36 heavy (non-hydrogen) atoms. The van der Waals surface area contributed by atoms with Gasteiger partial charge in [-0.3, -0.25) is 25.4 Å². The van der Waals surface area contributed by atoms with Gasteiger partial charge in [-0.2, -0.15) is 0 Å². The fraction of sp³-hybridized carbons (Fsp3) is 0.444. The molecule has 0 aromatic carbocycles. The Morgan fingerprint density at radius 2 is 1.92 bits per heavy atom. The summed E-state index contributed by atoms with van der Waals surface area (Å²) in [5.41, 5.74) is 1.65. The Morgan fingerprint density at radius 1 is 1.22 bits per heavy atom. The van der Waals surface area contributed by atoms with Gasteiger partial charge in [-0.25, -0.2) is 0 Å². The fourth-order valence-electron chi connectivity index (χ4n) is 3.90. The van der Waals surface area contributed by atoms with E-state index in [1.807, 2.05) is 20.8 Å². The van der Waals surface area contributed by atoms with E-state index >= 15 is 0 Å². The average molecular weight is 495 g/mol. The smallest absolute Gasteiger partial charge is 0.274 e. The molecule has 0 aliphatic carbocycles. The second-order valence-corrected chi connectivity index (χ2v) is 9.11. The maximum absolute atomic E-state index is 12.7. The number of carbonyl (C=O) groups is 2. The standard InChI is InChI=1S/C25H32N6O3.C2H6/c1-16(22(27)31-11-6-9-21(31)26)7-5-8-17(2)29-23(32)20-13-19-15-30(24(33)25(3,4)34)12-10-18(19)14-28-20;1-2/h5,7-8,13-14,26-27,34H,2,6,9-12,15H2,1,3-4H3,(H,29,32);1-2H3/b8-5-,16-7+,26-21?,27-22?;. The minimum absolute atomic E-state index is 0.215. The lowest BCUT2D eigenvalue weighted by molar-refractivity contribution is -0.148. The summed E-state index contributed by atoms with van der Waals surface area (Å²) in [5.74, 6) is 0.000470. The summed E-state index contributed by atoms with van der Waals surface area (Å²) in [6.07, 6.45) is 8.92. The zero-order chi connectivity index (χ0) is 27.0. The van der Waals surface area contributed by atoms with Crippen molar-refractivity contribution in [3.63, 3.8) is 0 Å². The molecule has 0 unspecified atom stereocenters. The molecule has 9 heteroatoms. The van der Waals surface area contributed by atoms with Crippen molar-refractivity contribution >= 4 is 23.5 Å². The van der Waals surface area contributed by atoms with Crippen LogP contribution in [0.25, 0.3) is 0 Å². The maximum atomic E-state index is 12.7. The molecule has 1 aromatic rings. The number of likely N-dealkylation sites (tertiary alicyclic amines) is 1. The first-order valence-corrected chi connectivity index (χ1v) is 12.3. The van der Waals surface area contributed by atoms with Gasteiger partial charge in [-0.15, -0.1) is 0 Å². The lowest BCUT2D eigenvalue weighted by Gasteiger charge is -2.32. The number of nitrogens with one attached hydrogen (secondary N) is 3. The average Bonchev–Trinajstić information content (AvgIpc) is 3.28. The van der Waals surface area contributed by atoms with Crippen LogP contribution in [-0.2, 0) is 17.8 Å². The van der Waals surface area contributed by atoms with E-state index in [9.17, 15) is 14.7 Å². The molecule has 3 rings (SSSR count). The summed E-state index contributed by atoms with van der Waals surface area (Å²) in [6.45, 7) is 14.1. The van der Waals surface area contributed by atoms with Crippen LogP contribution in [0.2, 0.25) is 0 Å². The molecule has 1 fully saturated rings. The molecule has 2 aliphatic heterocycles.